The Morgan fingerprint density at radius 3 is 2.63 bits per heavy atom. The van der Waals surface area contributed by atoms with Gasteiger partial charge < -0.3 is 19.1 Å². The van der Waals surface area contributed by atoms with E-state index in [1.165, 1.54) is 0 Å². The Morgan fingerprint density at radius 1 is 1.19 bits per heavy atom. The van der Waals surface area contributed by atoms with Gasteiger partial charge >= 0.3 is 5.97 Å². The van der Waals surface area contributed by atoms with Gasteiger partial charge in [-0.15, -0.1) is 0 Å². The van der Waals surface area contributed by atoms with E-state index >= 15 is 0 Å². The van der Waals surface area contributed by atoms with Crippen LogP contribution in [0.15, 0.2) is 42.5 Å². The molecule has 2 aromatic rings. The van der Waals surface area contributed by atoms with Crippen molar-refractivity contribution >= 4 is 34.8 Å². The lowest BCUT2D eigenvalue weighted by atomic mass is 10.1. The second-order valence-corrected chi connectivity index (χ2v) is 6.66. The van der Waals surface area contributed by atoms with Gasteiger partial charge in [-0.25, -0.2) is 4.79 Å². The standard InChI is InChI=1S/C20H20ClNO4S/c1-2-25-18-13-14(19(27)22-9-11-24-12-10-22)7-8-17(18)26-20(23)15-5-3-4-6-16(15)21/h3-8,13H,2,9-12H2,1H3. The van der Waals surface area contributed by atoms with Gasteiger partial charge in [-0.1, -0.05) is 36.0 Å². The van der Waals surface area contributed by atoms with Gasteiger partial charge in [-0.3, -0.25) is 0 Å². The van der Waals surface area contributed by atoms with Gasteiger partial charge in [0.25, 0.3) is 0 Å². The number of hydrogen-bond acceptors (Lipinski definition) is 5. The normalized spacial score (nSPS) is 13.9. The van der Waals surface area contributed by atoms with Gasteiger partial charge in [-0.2, -0.15) is 0 Å². The van der Waals surface area contributed by atoms with Gasteiger partial charge in [-0.05, 0) is 37.3 Å². The Hall–Kier alpha value is -2.15. The van der Waals surface area contributed by atoms with Crippen molar-refractivity contribution in [3.05, 3.63) is 58.6 Å². The van der Waals surface area contributed by atoms with Crippen LogP contribution in [-0.4, -0.2) is 48.8 Å². The summed E-state index contributed by atoms with van der Waals surface area (Å²) in [5, 5.41) is 0.338. The van der Waals surface area contributed by atoms with E-state index in [0.29, 0.717) is 41.9 Å². The number of nitrogens with zero attached hydrogens (tertiary/aromatic N) is 1. The predicted octanol–water partition coefficient (Wildman–Crippen LogP) is 3.97. The smallest absolute Gasteiger partial charge is 0.345 e. The molecule has 2 aromatic carbocycles. The molecule has 1 aliphatic rings. The number of esters is 1. The molecule has 0 bridgehead atoms. The molecule has 27 heavy (non-hydrogen) atoms. The highest BCUT2D eigenvalue weighted by molar-refractivity contribution is 7.80. The van der Waals surface area contributed by atoms with Crippen LogP contribution < -0.4 is 9.47 Å². The fourth-order valence-corrected chi connectivity index (χ4v) is 3.25. The molecule has 0 aliphatic carbocycles. The number of morpholine rings is 1. The van der Waals surface area contributed by atoms with Crippen LogP contribution in [0.5, 0.6) is 11.5 Å². The zero-order chi connectivity index (χ0) is 19.2. The molecule has 142 valence electrons. The lowest BCUT2D eigenvalue weighted by molar-refractivity contribution is 0.0692. The number of rotatable bonds is 5. The zero-order valence-corrected chi connectivity index (χ0v) is 16.5. The lowest BCUT2D eigenvalue weighted by Gasteiger charge is -2.29. The third kappa shape index (κ3) is 4.77. The molecule has 7 heteroatoms. The Kier molecular flexibility index (Phi) is 6.66. The molecule has 3 rings (SSSR count). The van der Waals surface area contributed by atoms with Gasteiger partial charge in [0, 0.05) is 18.7 Å². The maximum absolute atomic E-state index is 12.4. The third-order valence-electron chi connectivity index (χ3n) is 4.09. The largest absolute Gasteiger partial charge is 0.490 e. The van der Waals surface area contributed by atoms with Crippen LogP contribution in [0.2, 0.25) is 5.02 Å². The summed E-state index contributed by atoms with van der Waals surface area (Å²) >= 11 is 11.7. The molecule has 1 saturated heterocycles. The summed E-state index contributed by atoms with van der Waals surface area (Å²) in [7, 11) is 0. The van der Waals surface area contributed by atoms with E-state index in [-0.39, 0.29) is 0 Å². The van der Waals surface area contributed by atoms with Crippen LogP contribution in [0.1, 0.15) is 22.8 Å². The second kappa shape index (κ2) is 9.17. The van der Waals surface area contributed by atoms with Crippen LogP contribution in [0.25, 0.3) is 0 Å². The molecule has 0 N–H and O–H groups in total. The number of halogens is 1. The number of hydrogen-bond donors (Lipinski definition) is 0. The van der Waals surface area contributed by atoms with E-state index in [9.17, 15) is 4.79 Å². The van der Waals surface area contributed by atoms with Crippen molar-refractivity contribution in [1.29, 1.82) is 0 Å². The lowest BCUT2D eigenvalue weighted by Crippen LogP contribution is -2.40. The Bertz CT molecular complexity index is 836. The molecule has 0 atom stereocenters. The van der Waals surface area contributed by atoms with E-state index in [0.717, 1.165) is 23.6 Å². The SMILES string of the molecule is CCOc1cc(C(=S)N2CCOCC2)ccc1OC(=O)c1ccccc1Cl. The highest BCUT2D eigenvalue weighted by atomic mass is 35.5. The van der Waals surface area contributed by atoms with Crippen molar-refractivity contribution in [2.24, 2.45) is 0 Å². The van der Waals surface area contributed by atoms with Crippen LogP contribution in [0, 0.1) is 0 Å². The molecular formula is C20H20ClNO4S. The predicted molar refractivity (Wildman–Crippen MR) is 108 cm³/mol. The van der Waals surface area contributed by atoms with Gasteiger partial charge in [0.05, 0.1) is 30.4 Å². The van der Waals surface area contributed by atoms with Crippen molar-refractivity contribution in [1.82, 2.24) is 4.90 Å². The summed E-state index contributed by atoms with van der Waals surface area (Å²) in [4.78, 5) is 15.3. The highest BCUT2D eigenvalue weighted by Gasteiger charge is 2.19. The summed E-state index contributed by atoms with van der Waals surface area (Å²) in [6.45, 7) is 5.13. The van der Waals surface area contributed by atoms with Crippen LogP contribution >= 0.6 is 23.8 Å². The number of carbonyl (C=O) groups is 1. The van der Waals surface area contributed by atoms with Crippen LogP contribution in [0.4, 0.5) is 0 Å². The fraction of sp³-hybridized carbons (Fsp3) is 0.300. The van der Waals surface area contributed by atoms with Gasteiger partial charge in [0.2, 0.25) is 0 Å². The van der Waals surface area contributed by atoms with Gasteiger partial charge in [0.1, 0.15) is 4.99 Å². The number of thiocarbonyl (C=S) groups is 1. The van der Waals surface area contributed by atoms with Crippen molar-refractivity contribution in [2.45, 2.75) is 6.92 Å². The summed E-state index contributed by atoms with van der Waals surface area (Å²) in [6, 6.07) is 12.1. The Morgan fingerprint density at radius 2 is 1.93 bits per heavy atom. The molecule has 0 unspecified atom stereocenters. The first kappa shape index (κ1) is 19.6. The number of benzene rings is 2. The number of carbonyl (C=O) groups excluding carboxylic acids is 1. The first-order valence-corrected chi connectivity index (χ1v) is 9.49. The topological polar surface area (TPSA) is 48.0 Å². The van der Waals surface area contributed by atoms with E-state index in [1.807, 2.05) is 13.0 Å². The second-order valence-electron chi connectivity index (χ2n) is 5.87. The third-order valence-corrected chi connectivity index (χ3v) is 4.91. The summed E-state index contributed by atoms with van der Waals surface area (Å²) in [5.41, 5.74) is 1.14. The molecule has 1 fully saturated rings. The minimum absolute atomic E-state index is 0.300. The summed E-state index contributed by atoms with van der Waals surface area (Å²) < 4.78 is 16.6. The van der Waals surface area contributed by atoms with E-state index in [1.54, 1.807) is 36.4 Å². The molecule has 0 amide bonds. The number of ether oxygens (including phenoxy) is 3. The molecule has 0 saturated carbocycles. The van der Waals surface area contributed by atoms with E-state index in [4.69, 9.17) is 38.0 Å². The Labute approximate surface area is 168 Å². The first-order valence-electron chi connectivity index (χ1n) is 8.70. The van der Waals surface area contributed by atoms with Crippen molar-refractivity contribution in [3.63, 3.8) is 0 Å². The average Bonchev–Trinajstić information content (AvgIpc) is 2.70. The molecule has 5 nitrogen and oxygen atoms in total. The van der Waals surface area contributed by atoms with E-state index in [2.05, 4.69) is 4.90 Å². The van der Waals surface area contributed by atoms with E-state index < -0.39 is 5.97 Å². The molecule has 0 aromatic heterocycles. The maximum atomic E-state index is 12.4. The molecule has 1 aliphatic heterocycles. The maximum Gasteiger partial charge on any atom is 0.345 e. The molecule has 0 radical (unpaired) electrons. The Balaban J connectivity index is 1.82. The van der Waals surface area contributed by atoms with Crippen molar-refractivity contribution in [3.8, 4) is 11.5 Å². The monoisotopic (exact) mass is 405 g/mol. The van der Waals surface area contributed by atoms with Crippen molar-refractivity contribution < 1.29 is 19.0 Å². The summed E-state index contributed by atoms with van der Waals surface area (Å²) in [5.74, 6) is 0.256. The summed E-state index contributed by atoms with van der Waals surface area (Å²) in [6.07, 6.45) is 0. The van der Waals surface area contributed by atoms with Crippen LogP contribution in [0.3, 0.4) is 0 Å². The fourth-order valence-electron chi connectivity index (χ4n) is 2.72. The average molecular weight is 406 g/mol. The molecular weight excluding hydrogens is 386 g/mol. The quantitative estimate of drug-likeness (QED) is 0.426. The minimum atomic E-state index is -0.537. The zero-order valence-electron chi connectivity index (χ0n) is 14.9. The molecule has 0 spiro atoms. The van der Waals surface area contributed by atoms with Crippen molar-refractivity contribution in [2.75, 3.05) is 32.9 Å². The minimum Gasteiger partial charge on any atom is -0.490 e. The van der Waals surface area contributed by atoms with Gasteiger partial charge in [0.15, 0.2) is 11.5 Å². The van der Waals surface area contributed by atoms with Crippen LogP contribution in [-0.2, 0) is 4.74 Å². The molecule has 1 heterocycles. The highest BCUT2D eigenvalue weighted by Crippen LogP contribution is 2.31. The first-order chi connectivity index (χ1) is 13.1.